The predicted octanol–water partition coefficient (Wildman–Crippen LogP) is 1.05. The standard InChI is InChI=1S/C15H24N2O4S/c1-5-22(19,20)17-9-8-16-14(18)10-21-15-12(3)7-6-11(2)13(15)4/h6-7,17H,5,8-10H2,1-4H3,(H,16,18). The smallest absolute Gasteiger partial charge is 0.257 e. The normalized spacial score (nSPS) is 11.3. The van der Waals surface area contributed by atoms with E-state index in [4.69, 9.17) is 4.74 Å². The summed E-state index contributed by atoms with van der Waals surface area (Å²) in [5, 5.41) is 2.61. The van der Waals surface area contributed by atoms with Gasteiger partial charge in [-0.05, 0) is 44.4 Å². The van der Waals surface area contributed by atoms with Crippen LogP contribution < -0.4 is 14.8 Å². The number of hydrogen-bond donors (Lipinski definition) is 2. The van der Waals surface area contributed by atoms with Gasteiger partial charge in [-0.15, -0.1) is 0 Å². The first kappa shape index (κ1) is 18.4. The average molecular weight is 328 g/mol. The molecule has 0 saturated heterocycles. The Bertz CT molecular complexity index is 627. The molecule has 6 nitrogen and oxygen atoms in total. The van der Waals surface area contributed by atoms with Gasteiger partial charge in [-0.2, -0.15) is 0 Å². The zero-order chi connectivity index (χ0) is 16.8. The molecule has 0 bridgehead atoms. The lowest BCUT2D eigenvalue weighted by atomic mass is 10.1. The minimum atomic E-state index is -3.22. The lowest BCUT2D eigenvalue weighted by Gasteiger charge is -2.14. The van der Waals surface area contributed by atoms with Crippen molar-refractivity contribution in [2.45, 2.75) is 27.7 Å². The van der Waals surface area contributed by atoms with Gasteiger partial charge < -0.3 is 10.1 Å². The summed E-state index contributed by atoms with van der Waals surface area (Å²) >= 11 is 0. The number of hydrogen-bond acceptors (Lipinski definition) is 4. The van der Waals surface area contributed by atoms with Gasteiger partial charge in [-0.3, -0.25) is 4.79 Å². The molecular weight excluding hydrogens is 304 g/mol. The van der Waals surface area contributed by atoms with Gasteiger partial charge >= 0.3 is 0 Å². The Labute approximate surface area is 132 Å². The van der Waals surface area contributed by atoms with Gasteiger partial charge in [0.15, 0.2) is 6.61 Å². The van der Waals surface area contributed by atoms with Crippen molar-refractivity contribution in [1.82, 2.24) is 10.0 Å². The number of carbonyl (C=O) groups excluding carboxylic acids is 1. The average Bonchev–Trinajstić information content (AvgIpc) is 2.47. The van der Waals surface area contributed by atoms with Crippen molar-refractivity contribution in [2.75, 3.05) is 25.4 Å². The Hall–Kier alpha value is -1.60. The maximum atomic E-state index is 11.7. The van der Waals surface area contributed by atoms with Gasteiger partial charge in [0.25, 0.3) is 5.91 Å². The molecule has 0 aliphatic heterocycles. The highest BCUT2D eigenvalue weighted by Gasteiger charge is 2.09. The van der Waals surface area contributed by atoms with Gasteiger partial charge in [-0.25, -0.2) is 13.1 Å². The van der Waals surface area contributed by atoms with Crippen LogP contribution in [0.5, 0.6) is 5.75 Å². The fourth-order valence-electron chi connectivity index (χ4n) is 1.85. The molecule has 1 rings (SSSR count). The van der Waals surface area contributed by atoms with Crippen molar-refractivity contribution < 1.29 is 17.9 Å². The number of nitrogens with one attached hydrogen (secondary N) is 2. The Balaban J connectivity index is 2.40. The van der Waals surface area contributed by atoms with E-state index in [0.717, 1.165) is 22.4 Å². The molecule has 124 valence electrons. The Morgan fingerprint density at radius 2 is 1.77 bits per heavy atom. The number of aryl methyl sites for hydroxylation is 2. The van der Waals surface area contributed by atoms with Gasteiger partial charge in [0, 0.05) is 13.1 Å². The molecule has 2 N–H and O–H groups in total. The number of rotatable bonds is 8. The molecule has 1 aromatic rings. The van der Waals surface area contributed by atoms with Crippen LogP contribution >= 0.6 is 0 Å². The summed E-state index contributed by atoms with van der Waals surface area (Å²) in [6, 6.07) is 3.96. The fourth-order valence-corrected chi connectivity index (χ4v) is 2.46. The first-order chi connectivity index (χ1) is 10.3. The summed E-state index contributed by atoms with van der Waals surface area (Å²) in [6.07, 6.45) is 0. The van der Waals surface area contributed by atoms with Crippen molar-refractivity contribution in [3.8, 4) is 5.75 Å². The van der Waals surface area contributed by atoms with Crippen molar-refractivity contribution in [1.29, 1.82) is 0 Å². The van der Waals surface area contributed by atoms with Crippen LogP contribution in [0.3, 0.4) is 0 Å². The number of amides is 1. The van der Waals surface area contributed by atoms with E-state index in [2.05, 4.69) is 10.0 Å². The first-order valence-corrected chi connectivity index (χ1v) is 8.85. The van der Waals surface area contributed by atoms with E-state index >= 15 is 0 Å². The molecule has 1 amide bonds. The van der Waals surface area contributed by atoms with E-state index in [1.807, 2.05) is 32.9 Å². The summed E-state index contributed by atoms with van der Waals surface area (Å²) in [5.74, 6) is 0.466. The highest BCUT2D eigenvalue weighted by molar-refractivity contribution is 7.89. The summed E-state index contributed by atoms with van der Waals surface area (Å²) in [6.45, 7) is 7.74. The van der Waals surface area contributed by atoms with Crippen molar-refractivity contribution in [2.24, 2.45) is 0 Å². The molecule has 7 heteroatoms. The maximum Gasteiger partial charge on any atom is 0.257 e. The molecule has 0 aliphatic rings. The van der Waals surface area contributed by atoms with E-state index in [0.29, 0.717) is 0 Å². The van der Waals surface area contributed by atoms with Crippen LogP contribution in [0.25, 0.3) is 0 Å². The molecule has 0 spiro atoms. The zero-order valence-electron chi connectivity index (χ0n) is 13.5. The van der Waals surface area contributed by atoms with Crippen molar-refractivity contribution >= 4 is 15.9 Å². The second-order valence-corrected chi connectivity index (χ2v) is 7.19. The molecule has 0 fully saturated rings. The first-order valence-electron chi connectivity index (χ1n) is 7.20. The quantitative estimate of drug-likeness (QED) is 0.699. The summed E-state index contributed by atoms with van der Waals surface area (Å²) in [5.41, 5.74) is 3.10. The lowest BCUT2D eigenvalue weighted by Crippen LogP contribution is -2.37. The van der Waals surface area contributed by atoms with E-state index in [-0.39, 0.29) is 31.4 Å². The number of ether oxygens (including phenoxy) is 1. The van der Waals surface area contributed by atoms with Crippen LogP contribution in [0.4, 0.5) is 0 Å². The SMILES string of the molecule is CCS(=O)(=O)NCCNC(=O)COc1c(C)ccc(C)c1C. The zero-order valence-corrected chi connectivity index (χ0v) is 14.3. The van der Waals surface area contributed by atoms with Gasteiger partial charge in [0.1, 0.15) is 5.75 Å². The second kappa shape index (κ2) is 8.14. The minimum absolute atomic E-state index is 0.0238. The molecule has 1 aromatic carbocycles. The Morgan fingerprint density at radius 1 is 1.14 bits per heavy atom. The van der Waals surface area contributed by atoms with Crippen LogP contribution in [0.15, 0.2) is 12.1 Å². The van der Waals surface area contributed by atoms with Gasteiger partial charge in [-0.1, -0.05) is 12.1 Å². The lowest BCUT2D eigenvalue weighted by molar-refractivity contribution is -0.123. The topological polar surface area (TPSA) is 84.5 Å². The van der Waals surface area contributed by atoms with Crippen LogP contribution in [0, 0.1) is 20.8 Å². The van der Waals surface area contributed by atoms with Gasteiger partial charge in [0.05, 0.1) is 5.75 Å². The van der Waals surface area contributed by atoms with E-state index in [1.165, 1.54) is 0 Å². The third-order valence-electron chi connectivity index (χ3n) is 3.37. The van der Waals surface area contributed by atoms with Crippen molar-refractivity contribution in [3.63, 3.8) is 0 Å². The third kappa shape index (κ3) is 5.65. The second-order valence-electron chi connectivity index (χ2n) is 5.09. The Morgan fingerprint density at radius 3 is 2.41 bits per heavy atom. The molecule has 0 atom stereocenters. The summed E-state index contributed by atoms with van der Waals surface area (Å²) in [4.78, 5) is 11.7. The van der Waals surface area contributed by atoms with Crippen molar-refractivity contribution in [3.05, 3.63) is 28.8 Å². The van der Waals surface area contributed by atoms with Gasteiger partial charge in [0.2, 0.25) is 10.0 Å². The highest BCUT2D eigenvalue weighted by atomic mass is 32.2. The molecule has 0 saturated carbocycles. The van der Waals surface area contributed by atoms with E-state index in [9.17, 15) is 13.2 Å². The largest absolute Gasteiger partial charge is 0.483 e. The Kier molecular flexibility index (Phi) is 6.83. The van der Waals surface area contributed by atoms with Crippen LogP contribution in [-0.2, 0) is 14.8 Å². The van der Waals surface area contributed by atoms with Crippen LogP contribution in [0.1, 0.15) is 23.6 Å². The van der Waals surface area contributed by atoms with E-state index < -0.39 is 10.0 Å². The molecule has 22 heavy (non-hydrogen) atoms. The monoisotopic (exact) mass is 328 g/mol. The number of benzene rings is 1. The minimum Gasteiger partial charge on any atom is -0.483 e. The fraction of sp³-hybridized carbons (Fsp3) is 0.533. The molecule has 0 unspecified atom stereocenters. The summed E-state index contributed by atoms with van der Waals surface area (Å²) < 4.78 is 30.4. The predicted molar refractivity (Wildman–Crippen MR) is 86.6 cm³/mol. The van der Waals surface area contributed by atoms with Crippen LogP contribution in [0.2, 0.25) is 0 Å². The molecule has 0 aliphatic carbocycles. The molecule has 0 heterocycles. The highest BCUT2D eigenvalue weighted by Crippen LogP contribution is 2.25. The molecule has 0 radical (unpaired) electrons. The molecule has 0 aromatic heterocycles. The summed E-state index contributed by atoms with van der Waals surface area (Å²) in [7, 11) is -3.22. The number of sulfonamides is 1. The molecular formula is C15H24N2O4S. The maximum absolute atomic E-state index is 11.7. The number of carbonyl (C=O) groups is 1. The van der Waals surface area contributed by atoms with Crippen LogP contribution in [-0.4, -0.2) is 39.8 Å². The third-order valence-corrected chi connectivity index (χ3v) is 4.77. The van der Waals surface area contributed by atoms with E-state index in [1.54, 1.807) is 6.92 Å².